The van der Waals surface area contributed by atoms with Crippen molar-refractivity contribution >= 4 is 17.6 Å². The van der Waals surface area contributed by atoms with Crippen molar-refractivity contribution < 1.29 is 14.7 Å². The molecule has 1 N–H and O–H groups in total. The molecule has 1 heterocycles. The fourth-order valence-electron chi connectivity index (χ4n) is 4.21. The van der Waals surface area contributed by atoms with Crippen molar-refractivity contribution in [2.45, 2.75) is 45.7 Å². The maximum Gasteiger partial charge on any atom is 0.313 e. The molecule has 1 aliphatic heterocycles. The average molecular weight is 380 g/mol. The smallest absolute Gasteiger partial charge is 0.313 e. The van der Waals surface area contributed by atoms with Gasteiger partial charge in [-0.1, -0.05) is 30.3 Å². The van der Waals surface area contributed by atoms with Crippen molar-refractivity contribution in [2.75, 3.05) is 18.0 Å². The van der Waals surface area contributed by atoms with Gasteiger partial charge in [0.25, 0.3) is 5.91 Å². The van der Waals surface area contributed by atoms with Crippen LogP contribution in [0.5, 0.6) is 0 Å². The third-order valence-electron chi connectivity index (χ3n) is 5.56. The van der Waals surface area contributed by atoms with Gasteiger partial charge < -0.3 is 14.9 Å². The summed E-state index contributed by atoms with van der Waals surface area (Å²) in [5.41, 5.74) is 3.02. The number of carboxylic acid groups (broad SMARTS) is 1. The lowest BCUT2D eigenvalue weighted by molar-refractivity contribution is -0.140. The molecule has 28 heavy (non-hydrogen) atoms. The molecule has 5 nitrogen and oxygen atoms in total. The van der Waals surface area contributed by atoms with Gasteiger partial charge in [0, 0.05) is 30.4 Å². The molecule has 0 saturated heterocycles. The molecule has 0 aromatic heterocycles. The highest BCUT2D eigenvalue weighted by molar-refractivity contribution is 6.00. The van der Waals surface area contributed by atoms with Gasteiger partial charge in [-0.15, -0.1) is 0 Å². The first-order chi connectivity index (χ1) is 13.4. The summed E-state index contributed by atoms with van der Waals surface area (Å²) in [5.74, 6) is -1.82. The van der Waals surface area contributed by atoms with Gasteiger partial charge in [0.1, 0.15) is 5.92 Å². The van der Waals surface area contributed by atoms with Crippen molar-refractivity contribution in [2.24, 2.45) is 0 Å². The Hall–Kier alpha value is -2.82. The van der Waals surface area contributed by atoms with Crippen LogP contribution in [-0.2, 0) is 4.79 Å². The molecule has 0 saturated carbocycles. The monoisotopic (exact) mass is 380 g/mol. The van der Waals surface area contributed by atoms with E-state index in [-0.39, 0.29) is 11.9 Å². The van der Waals surface area contributed by atoms with Gasteiger partial charge >= 0.3 is 5.97 Å². The number of fused-ring (bicyclic) bond motifs is 1. The lowest BCUT2D eigenvalue weighted by Gasteiger charge is -2.43. The lowest BCUT2D eigenvalue weighted by atomic mass is 9.79. The second-order valence-corrected chi connectivity index (χ2v) is 7.42. The summed E-state index contributed by atoms with van der Waals surface area (Å²) in [6, 6.07) is 14.4. The third kappa shape index (κ3) is 3.37. The van der Waals surface area contributed by atoms with Crippen LogP contribution in [0.25, 0.3) is 0 Å². The standard InChI is InChI=1S/C23H28N2O3/c1-5-24(6-2)17-13-11-16(12-14-17)21-20(23(27)28)18-9-7-8-10-19(18)22(26)25(21)15(3)4/h7-15,20-21H,5-6H2,1-4H3,(H,27,28)/t20-,21-/m1/s1. The van der Waals surface area contributed by atoms with Crippen LogP contribution in [0.1, 0.15) is 61.1 Å². The van der Waals surface area contributed by atoms with E-state index in [4.69, 9.17) is 0 Å². The summed E-state index contributed by atoms with van der Waals surface area (Å²) in [6.45, 7) is 9.89. The topological polar surface area (TPSA) is 60.9 Å². The van der Waals surface area contributed by atoms with Gasteiger partial charge in [-0.25, -0.2) is 0 Å². The number of hydrogen-bond acceptors (Lipinski definition) is 3. The molecule has 1 aliphatic rings. The molecule has 2 aromatic rings. The summed E-state index contributed by atoms with van der Waals surface area (Å²) in [6.07, 6.45) is 0. The summed E-state index contributed by atoms with van der Waals surface area (Å²) in [5, 5.41) is 10.1. The lowest BCUT2D eigenvalue weighted by Crippen LogP contribution is -2.48. The van der Waals surface area contributed by atoms with Crippen LogP contribution in [0.2, 0.25) is 0 Å². The molecule has 5 heteroatoms. The number of carbonyl (C=O) groups excluding carboxylic acids is 1. The molecular weight excluding hydrogens is 352 g/mol. The van der Waals surface area contributed by atoms with Crippen molar-refractivity contribution in [3.05, 3.63) is 65.2 Å². The Bertz CT molecular complexity index is 856. The van der Waals surface area contributed by atoms with Crippen LogP contribution in [0, 0.1) is 0 Å². The zero-order valence-corrected chi connectivity index (χ0v) is 16.9. The first kappa shape index (κ1) is 19.9. The molecule has 3 rings (SSSR count). The minimum absolute atomic E-state index is 0.110. The van der Waals surface area contributed by atoms with Crippen LogP contribution in [-0.4, -0.2) is 41.0 Å². The maximum absolute atomic E-state index is 13.2. The zero-order chi connectivity index (χ0) is 20.4. The minimum atomic E-state index is -0.914. The Balaban J connectivity index is 2.13. The summed E-state index contributed by atoms with van der Waals surface area (Å²) < 4.78 is 0. The number of nitrogens with zero attached hydrogens (tertiary/aromatic N) is 2. The van der Waals surface area contributed by atoms with Crippen molar-refractivity contribution in [1.82, 2.24) is 4.90 Å². The number of carboxylic acids is 1. The molecular formula is C23H28N2O3. The number of anilines is 1. The predicted molar refractivity (Wildman–Crippen MR) is 111 cm³/mol. The summed E-state index contributed by atoms with van der Waals surface area (Å²) in [7, 11) is 0. The highest BCUT2D eigenvalue weighted by atomic mass is 16.4. The summed E-state index contributed by atoms with van der Waals surface area (Å²) >= 11 is 0. The van der Waals surface area contributed by atoms with E-state index < -0.39 is 17.9 Å². The van der Waals surface area contributed by atoms with E-state index in [0.717, 1.165) is 24.3 Å². The molecule has 1 amide bonds. The number of carbonyl (C=O) groups is 2. The van der Waals surface area contributed by atoms with Gasteiger partial charge in [-0.05, 0) is 57.0 Å². The van der Waals surface area contributed by atoms with Crippen molar-refractivity contribution in [1.29, 1.82) is 0 Å². The Labute approximate surface area is 166 Å². The fraction of sp³-hybridized carbons (Fsp3) is 0.391. The Morgan fingerprint density at radius 2 is 1.68 bits per heavy atom. The molecule has 2 aromatic carbocycles. The zero-order valence-electron chi connectivity index (χ0n) is 16.9. The normalized spacial score (nSPS) is 18.9. The van der Waals surface area contributed by atoms with Crippen LogP contribution >= 0.6 is 0 Å². The van der Waals surface area contributed by atoms with E-state index in [1.165, 1.54) is 0 Å². The molecule has 148 valence electrons. The first-order valence-electron chi connectivity index (χ1n) is 9.89. The fourth-order valence-corrected chi connectivity index (χ4v) is 4.21. The third-order valence-corrected chi connectivity index (χ3v) is 5.56. The predicted octanol–water partition coefficient (Wildman–Crippen LogP) is 4.31. The quantitative estimate of drug-likeness (QED) is 0.811. The number of rotatable bonds is 6. The average Bonchev–Trinajstić information content (AvgIpc) is 2.68. The number of hydrogen-bond donors (Lipinski definition) is 1. The SMILES string of the molecule is CCN(CC)c1ccc([C@@H]2[C@H](C(=O)O)c3ccccc3C(=O)N2C(C)C)cc1. The van der Waals surface area contributed by atoms with Gasteiger partial charge in [-0.3, -0.25) is 9.59 Å². The molecule has 0 spiro atoms. The Kier molecular flexibility index (Phi) is 5.73. The highest BCUT2D eigenvalue weighted by Gasteiger charge is 2.45. The molecule has 0 unspecified atom stereocenters. The molecule has 2 atom stereocenters. The van der Waals surface area contributed by atoms with Gasteiger partial charge in [0.05, 0.1) is 6.04 Å². The second kappa shape index (κ2) is 8.05. The van der Waals surface area contributed by atoms with E-state index in [0.29, 0.717) is 11.1 Å². The van der Waals surface area contributed by atoms with Crippen LogP contribution in [0.3, 0.4) is 0 Å². The van der Waals surface area contributed by atoms with E-state index >= 15 is 0 Å². The number of benzene rings is 2. The van der Waals surface area contributed by atoms with E-state index in [2.05, 4.69) is 18.7 Å². The van der Waals surface area contributed by atoms with E-state index in [1.54, 1.807) is 29.2 Å². The van der Waals surface area contributed by atoms with Gasteiger partial charge in [-0.2, -0.15) is 0 Å². The molecule has 0 fully saturated rings. The van der Waals surface area contributed by atoms with Crippen molar-refractivity contribution in [3.8, 4) is 0 Å². The second-order valence-electron chi connectivity index (χ2n) is 7.42. The largest absolute Gasteiger partial charge is 0.481 e. The van der Waals surface area contributed by atoms with Crippen molar-refractivity contribution in [3.63, 3.8) is 0 Å². The minimum Gasteiger partial charge on any atom is -0.481 e. The van der Waals surface area contributed by atoms with E-state index in [9.17, 15) is 14.7 Å². The molecule has 0 aliphatic carbocycles. The Morgan fingerprint density at radius 1 is 1.07 bits per heavy atom. The maximum atomic E-state index is 13.2. The first-order valence-corrected chi connectivity index (χ1v) is 9.89. The number of amides is 1. The van der Waals surface area contributed by atoms with Crippen LogP contribution in [0.4, 0.5) is 5.69 Å². The molecule has 0 radical (unpaired) electrons. The van der Waals surface area contributed by atoms with Crippen LogP contribution < -0.4 is 4.90 Å². The molecule has 0 bridgehead atoms. The van der Waals surface area contributed by atoms with Gasteiger partial charge in [0.15, 0.2) is 0 Å². The van der Waals surface area contributed by atoms with E-state index in [1.807, 2.05) is 38.1 Å². The van der Waals surface area contributed by atoms with Gasteiger partial charge in [0.2, 0.25) is 0 Å². The Morgan fingerprint density at radius 3 is 2.21 bits per heavy atom. The van der Waals surface area contributed by atoms with Crippen LogP contribution in [0.15, 0.2) is 48.5 Å². The number of aliphatic carboxylic acids is 1. The highest BCUT2D eigenvalue weighted by Crippen LogP contribution is 2.44. The summed E-state index contributed by atoms with van der Waals surface area (Å²) in [4.78, 5) is 29.5.